The third-order valence-corrected chi connectivity index (χ3v) is 6.97. The molecule has 1 aliphatic heterocycles. The van der Waals surface area contributed by atoms with Gasteiger partial charge in [0.1, 0.15) is 0 Å². The molecule has 1 aliphatic rings. The average molecular weight is 326 g/mol. The SMILES string of the molecule is C=C1CC(c2ccccc2)=C(c2ccccc2)P1c1ccccc1. The fourth-order valence-electron chi connectivity index (χ4n) is 3.33. The number of allylic oxidation sites excluding steroid dienone is 2. The molecule has 3 aromatic rings. The Balaban J connectivity index is 1.94. The third-order valence-electron chi connectivity index (χ3n) is 4.39. The van der Waals surface area contributed by atoms with Gasteiger partial charge in [0.15, 0.2) is 0 Å². The lowest BCUT2D eigenvalue weighted by Gasteiger charge is -2.18. The van der Waals surface area contributed by atoms with E-state index in [1.54, 1.807) is 0 Å². The molecule has 3 aromatic carbocycles. The Morgan fingerprint density at radius 2 is 1.12 bits per heavy atom. The molecule has 0 saturated carbocycles. The van der Waals surface area contributed by atoms with E-state index in [0.717, 1.165) is 6.42 Å². The van der Waals surface area contributed by atoms with Gasteiger partial charge in [-0.25, -0.2) is 0 Å². The summed E-state index contributed by atoms with van der Waals surface area (Å²) in [5.41, 5.74) is 4.07. The van der Waals surface area contributed by atoms with E-state index in [1.165, 1.54) is 32.6 Å². The third kappa shape index (κ3) is 2.75. The lowest BCUT2D eigenvalue weighted by molar-refractivity contribution is 1.39. The molecule has 1 unspecified atom stereocenters. The van der Waals surface area contributed by atoms with Gasteiger partial charge in [-0.3, -0.25) is 0 Å². The molecule has 4 rings (SSSR count). The molecule has 1 heteroatoms. The van der Waals surface area contributed by atoms with Crippen molar-refractivity contribution in [2.45, 2.75) is 6.42 Å². The summed E-state index contributed by atoms with van der Waals surface area (Å²) in [5, 5.41) is 4.20. The molecule has 0 aromatic heterocycles. The van der Waals surface area contributed by atoms with Crippen molar-refractivity contribution in [1.29, 1.82) is 0 Å². The molecule has 1 heterocycles. The molecular weight excluding hydrogens is 307 g/mol. The number of hydrogen-bond donors (Lipinski definition) is 0. The van der Waals surface area contributed by atoms with E-state index < -0.39 is 7.92 Å². The van der Waals surface area contributed by atoms with Crippen LogP contribution in [0.3, 0.4) is 0 Å². The van der Waals surface area contributed by atoms with Crippen molar-refractivity contribution in [2.75, 3.05) is 0 Å². The van der Waals surface area contributed by atoms with Crippen LogP contribution in [0.1, 0.15) is 17.5 Å². The summed E-state index contributed by atoms with van der Waals surface area (Å²) in [6.45, 7) is 4.45. The molecule has 0 aliphatic carbocycles. The highest BCUT2D eigenvalue weighted by Crippen LogP contribution is 2.65. The van der Waals surface area contributed by atoms with Gasteiger partial charge < -0.3 is 0 Å². The summed E-state index contributed by atoms with van der Waals surface area (Å²) < 4.78 is 0. The molecule has 0 N–H and O–H groups in total. The van der Waals surface area contributed by atoms with E-state index in [0.29, 0.717) is 0 Å². The minimum atomic E-state index is -0.519. The van der Waals surface area contributed by atoms with Crippen LogP contribution < -0.4 is 5.30 Å². The van der Waals surface area contributed by atoms with Crippen LogP contribution in [-0.4, -0.2) is 0 Å². The van der Waals surface area contributed by atoms with Crippen molar-refractivity contribution in [1.82, 2.24) is 0 Å². The van der Waals surface area contributed by atoms with Gasteiger partial charge in [-0.15, -0.1) is 0 Å². The summed E-state index contributed by atoms with van der Waals surface area (Å²) in [5.74, 6) is 0. The Labute approximate surface area is 144 Å². The van der Waals surface area contributed by atoms with E-state index in [9.17, 15) is 0 Å². The quantitative estimate of drug-likeness (QED) is 0.497. The van der Waals surface area contributed by atoms with Crippen molar-refractivity contribution < 1.29 is 0 Å². The normalized spacial score (nSPS) is 17.3. The molecule has 0 amide bonds. The Hall–Kier alpha value is -2.43. The molecule has 24 heavy (non-hydrogen) atoms. The van der Waals surface area contributed by atoms with E-state index >= 15 is 0 Å². The first-order valence-corrected chi connectivity index (χ1v) is 9.56. The van der Waals surface area contributed by atoms with Crippen molar-refractivity contribution in [3.63, 3.8) is 0 Å². The molecule has 1 atom stereocenters. The minimum Gasteiger partial charge on any atom is -0.0944 e. The summed E-state index contributed by atoms with van der Waals surface area (Å²) in [6.07, 6.45) is 0.967. The Morgan fingerprint density at radius 1 is 0.625 bits per heavy atom. The van der Waals surface area contributed by atoms with Crippen molar-refractivity contribution in [3.8, 4) is 0 Å². The number of rotatable bonds is 3. The maximum absolute atomic E-state index is 4.45. The maximum Gasteiger partial charge on any atom is -0.000815 e. The van der Waals surface area contributed by atoms with Crippen LogP contribution in [0, 0.1) is 0 Å². The first-order chi connectivity index (χ1) is 11.8. The highest BCUT2D eigenvalue weighted by atomic mass is 31.1. The molecule has 116 valence electrons. The van der Waals surface area contributed by atoms with Gasteiger partial charge in [0.05, 0.1) is 0 Å². The molecule has 0 nitrogen and oxygen atoms in total. The molecule has 0 bridgehead atoms. The molecular formula is C23H19P. The van der Waals surface area contributed by atoms with Crippen LogP contribution in [0.15, 0.2) is 103 Å². The minimum absolute atomic E-state index is 0.519. The second-order valence-electron chi connectivity index (χ2n) is 5.97. The van der Waals surface area contributed by atoms with Gasteiger partial charge in [-0.1, -0.05) is 97.6 Å². The lowest BCUT2D eigenvalue weighted by Crippen LogP contribution is -2.00. The molecule has 0 spiro atoms. The fraction of sp³-hybridized carbons (Fsp3) is 0.0435. The van der Waals surface area contributed by atoms with Crippen molar-refractivity contribution in [3.05, 3.63) is 114 Å². The van der Waals surface area contributed by atoms with Crippen LogP contribution >= 0.6 is 7.92 Å². The first kappa shape index (κ1) is 15.1. The molecule has 0 fully saturated rings. The lowest BCUT2D eigenvalue weighted by atomic mass is 10.00. The summed E-state index contributed by atoms with van der Waals surface area (Å²) >= 11 is 0. The summed E-state index contributed by atoms with van der Waals surface area (Å²) in [7, 11) is -0.519. The van der Waals surface area contributed by atoms with Gasteiger partial charge in [0.25, 0.3) is 0 Å². The highest BCUT2D eigenvalue weighted by molar-refractivity contribution is 7.80. The van der Waals surface area contributed by atoms with Crippen LogP contribution in [0.5, 0.6) is 0 Å². The average Bonchev–Trinajstić information content (AvgIpc) is 3.01. The van der Waals surface area contributed by atoms with Gasteiger partial charge in [-0.05, 0) is 47.0 Å². The van der Waals surface area contributed by atoms with Crippen molar-refractivity contribution in [2.24, 2.45) is 0 Å². The summed E-state index contributed by atoms with van der Waals surface area (Å²) in [6, 6.07) is 32.4. The Kier molecular flexibility index (Phi) is 4.15. The van der Waals surface area contributed by atoms with Crippen LogP contribution in [0.4, 0.5) is 0 Å². The predicted octanol–water partition coefficient (Wildman–Crippen LogP) is 6.28. The van der Waals surface area contributed by atoms with Gasteiger partial charge >= 0.3 is 0 Å². The largest absolute Gasteiger partial charge is 0.0944 e. The zero-order valence-corrected chi connectivity index (χ0v) is 14.4. The second-order valence-corrected chi connectivity index (χ2v) is 8.24. The number of benzene rings is 3. The predicted molar refractivity (Wildman–Crippen MR) is 106 cm³/mol. The van der Waals surface area contributed by atoms with Gasteiger partial charge in [0.2, 0.25) is 0 Å². The zero-order chi connectivity index (χ0) is 16.4. The van der Waals surface area contributed by atoms with Crippen LogP contribution in [0.2, 0.25) is 0 Å². The van der Waals surface area contributed by atoms with E-state index in [2.05, 4.69) is 97.6 Å². The van der Waals surface area contributed by atoms with E-state index in [4.69, 9.17) is 0 Å². The maximum atomic E-state index is 4.45. The van der Waals surface area contributed by atoms with Crippen LogP contribution in [-0.2, 0) is 0 Å². The Bertz CT molecular complexity index is 877. The topological polar surface area (TPSA) is 0 Å². The zero-order valence-electron chi connectivity index (χ0n) is 13.5. The van der Waals surface area contributed by atoms with E-state index in [-0.39, 0.29) is 0 Å². The Morgan fingerprint density at radius 3 is 1.71 bits per heavy atom. The second kappa shape index (κ2) is 6.59. The summed E-state index contributed by atoms with van der Waals surface area (Å²) in [4.78, 5) is 0. The monoisotopic (exact) mass is 326 g/mol. The highest BCUT2D eigenvalue weighted by Gasteiger charge is 2.31. The van der Waals surface area contributed by atoms with Gasteiger partial charge in [0, 0.05) is 0 Å². The van der Waals surface area contributed by atoms with Gasteiger partial charge in [-0.2, -0.15) is 0 Å². The first-order valence-electron chi connectivity index (χ1n) is 8.21. The van der Waals surface area contributed by atoms with E-state index in [1.807, 2.05) is 0 Å². The molecule has 0 saturated heterocycles. The standard InChI is InChI=1S/C23H19P/c1-18-17-22(19-11-5-2-6-12-19)23(20-13-7-3-8-14-20)24(18)21-15-9-4-10-16-21/h2-16H,1,17H2. The smallest absolute Gasteiger partial charge is 0.000815 e. The number of hydrogen-bond acceptors (Lipinski definition) is 0. The van der Waals surface area contributed by atoms with Crippen molar-refractivity contribution >= 4 is 24.1 Å². The molecule has 0 radical (unpaired) electrons. The van der Waals surface area contributed by atoms with Crippen LogP contribution in [0.25, 0.3) is 10.9 Å². The fourth-order valence-corrected chi connectivity index (χ4v) is 5.94.